The van der Waals surface area contributed by atoms with Gasteiger partial charge in [0.15, 0.2) is 0 Å². The Bertz CT molecular complexity index is 692. The van der Waals surface area contributed by atoms with E-state index in [4.69, 9.17) is 4.74 Å². The van der Waals surface area contributed by atoms with Crippen molar-refractivity contribution in [2.75, 3.05) is 13.2 Å². The van der Waals surface area contributed by atoms with Crippen LogP contribution in [0.1, 0.15) is 55.7 Å². The minimum absolute atomic E-state index is 0.630. The lowest BCUT2D eigenvalue weighted by molar-refractivity contribution is 0.206. The van der Waals surface area contributed by atoms with Crippen LogP contribution in [0.4, 0.5) is 0 Å². The summed E-state index contributed by atoms with van der Waals surface area (Å²) in [6, 6.07) is 2.08. The molecule has 0 radical (unpaired) electrons. The Kier molecular flexibility index (Phi) is 4.47. The van der Waals surface area contributed by atoms with Crippen LogP contribution in [0.5, 0.6) is 5.75 Å². The Hall–Kier alpha value is -1.95. The van der Waals surface area contributed by atoms with Crippen molar-refractivity contribution in [2.24, 2.45) is 0 Å². The zero-order chi connectivity index (χ0) is 16.4. The molecule has 24 heavy (non-hydrogen) atoms. The topological polar surface area (TPSA) is 56.1 Å². The Morgan fingerprint density at radius 3 is 2.88 bits per heavy atom. The monoisotopic (exact) mass is 327 g/mol. The molecule has 0 atom stereocenters. The number of pyridine rings is 1. The molecule has 0 unspecified atom stereocenters. The Labute approximate surface area is 142 Å². The molecule has 128 valence electrons. The molecule has 2 aliphatic rings. The molecule has 0 amide bonds. The molecule has 6 nitrogen and oxygen atoms in total. The third-order valence-electron chi connectivity index (χ3n) is 5.07. The molecule has 1 aliphatic heterocycles. The smallest absolute Gasteiger partial charge is 0.147 e. The summed E-state index contributed by atoms with van der Waals surface area (Å²) < 4.78 is 7.91. The summed E-state index contributed by atoms with van der Waals surface area (Å²) in [5.74, 6) is 3.81. The molecule has 0 spiro atoms. The van der Waals surface area contributed by atoms with Crippen LogP contribution in [0, 0.1) is 0 Å². The second-order valence-electron chi connectivity index (χ2n) is 6.78. The maximum Gasteiger partial charge on any atom is 0.147 e. The zero-order valence-corrected chi connectivity index (χ0v) is 14.3. The second kappa shape index (κ2) is 6.89. The molecular weight excluding hydrogens is 302 g/mol. The molecule has 2 aromatic rings. The third-order valence-corrected chi connectivity index (χ3v) is 5.07. The first-order chi connectivity index (χ1) is 11.8. The van der Waals surface area contributed by atoms with Gasteiger partial charge >= 0.3 is 0 Å². The van der Waals surface area contributed by atoms with Gasteiger partial charge in [0.05, 0.1) is 19.3 Å². The van der Waals surface area contributed by atoms with Crippen molar-refractivity contribution in [2.45, 2.75) is 58.2 Å². The first-order valence-electron chi connectivity index (χ1n) is 9.04. The highest BCUT2D eigenvalue weighted by Crippen LogP contribution is 2.34. The van der Waals surface area contributed by atoms with Crippen LogP contribution in [0.25, 0.3) is 0 Å². The Balaban J connectivity index is 1.44. The Morgan fingerprint density at radius 2 is 2.04 bits per heavy atom. The van der Waals surface area contributed by atoms with Gasteiger partial charge < -0.3 is 9.30 Å². The van der Waals surface area contributed by atoms with Gasteiger partial charge in [0.2, 0.25) is 0 Å². The molecule has 1 saturated carbocycles. The minimum Gasteiger partial charge on any atom is -0.492 e. The van der Waals surface area contributed by atoms with Crippen LogP contribution in [-0.2, 0) is 19.6 Å². The van der Waals surface area contributed by atoms with Crippen LogP contribution in [0.3, 0.4) is 0 Å². The molecule has 3 heterocycles. The van der Waals surface area contributed by atoms with Crippen LogP contribution >= 0.6 is 0 Å². The summed E-state index contributed by atoms with van der Waals surface area (Å²) in [5, 5.41) is 8.98. The van der Waals surface area contributed by atoms with E-state index in [1.807, 2.05) is 13.1 Å². The molecule has 2 aromatic heterocycles. The quantitative estimate of drug-likeness (QED) is 0.845. The Morgan fingerprint density at radius 1 is 1.17 bits per heavy atom. The molecule has 0 N–H and O–H groups in total. The molecule has 0 saturated heterocycles. The van der Waals surface area contributed by atoms with Crippen molar-refractivity contribution in [3.05, 3.63) is 35.7 Å². The summed E-state index contributed by atoms with van der Waals surface area (Å²) in [7, 11) is 0. The van der Waals surface area contributed by atoms with Crippen molar-refractivity contribution >= 4 is 0 Å². The summed E-state index contributed by atoms with van der Waals surface area (Å²) in [6.07, 6.45) is 8.92. The van der Waals surface area contributed by atoms with Crippen molar-refractivity contribution in [1.29, 1.82) is 0 Å². The average molecular weight is 327 g/mol. The largest absolute Gasteiger partial charge is 0.492 e. The van der Waals surface area contributed by atoms with Crippen molar-refractivity contribution in [1.82, 2.24) is 24.6 Å². The number of hydrogen-bond donors (Lipinski definition) is 0. The number of rotatable bonds is 5. The first kappa shape index (κ1) is 15.6. The van der Waals surface area contributed by atoms with Gasteiger partial charge in [-0.15, -0.1) is 10.2 Å². The maximum atomic E-state index is 5.54. The molecule has 0 aromatic carbocycles. The maximum absolute atomic E-state index is 5.54. The molecule has 4 rings (SSSR count). The zero-order valence-electron chi connectivity index (χ0n) is 14.3. The predicted molar refractivity (Wildman–Crippen MR) is 90.8 cm³/mol. The fourth-order valence-corrected chi connectivity index (χ4v) is 3.91. The highest BCUT2D eigenvalue weighted by Gasteiger charge is 2.27. The summed E-state index contributed by atoms with van der Waals surface area (Å²) in [5.41, 5.74) is 1.19. The van der Waals surface area contributed by atoms with E-state index >= 15 is 0 Å². The van der Waals surface area contributed by atoms with E-state index in [2.05, 4.69) is 30.7 Å². The van der Waals surface area contributed by atoms with Gasteiger partial charge in [-0.3, -0.25) is 9.88 Å². The van der Waals surface area contributed by atoms with Gasteiger partial charge in [0, 0.05) is 31.7 Å². The molecular formula is C18H25N5O. The highest BCUT2D eigenvalue weighted by atomic mass is 16.5. The molecule has 1 aliphatic carbocycles. The van der Waals surface area contributed by atoms with Crippen LogP contribution in [-0.4, -0.2) is 37.8 Å². The number of nitrogens with zero attached hydrogens (tertiary/aromatic N) is 5. The van der Waals surface area contributed by atoms with Gasteiger partial charge in [0.1, 0.15) is 17.4 Å². The van der Waals surface area contributed by atoms with E-state index in [9.17, 15) is 0 Å². The van der Waals surface area contributed by atoms with Crippen molar-refractivity contribution in [3.8, 4) is 5.75 Å². The van der Waals surface area contributed by atoms with Gasteiger partial charge in [-0.25, -0.2) is 0 Å². The highest BCUT2D eigenvalue weighted by molar-refractivity contribution is 5.23. The predicted octanol–water partition coefficient (Wildman–Crippen LogP) is 2.75. The lowest BCUT2D eigenvalue weighted by atomic mass is 10.1. The van der Waals surface area contributed by atoms with Crippen LogP contribution < -0.4 is 4.74 Å². The van der Waals surface area contributed by atoms with Gasteiger partial charge in [-0.1, -0.05) is 12.8 Å². The van der Waals surface area contributed by atoms with E-state index in [0.717, 1.165) is 37.8 Å². The van der Waals surface area contributed by atoms with E-state index in [1.54, 1.807) is 6.20 Å². The van der Waals surface area contributed by atoms with Gasteiger partial charge in [0.25, 0.3) is 0 Å². The normalized spacial score (nSPS) is 18.7. The SMILES string of the molecule is CCOc1cncc(CN2CCn3c(nnc3C3CCCC3)C2)c1. The number of ether oxygens (including phenoxy) is 1. The van der Waals surface area contributed by atoms with Gasteiger partial charge in [-0.2, -0.15) is 0 Å². The molecule has 1 fully saturated rings. The standard InChI is InChI=1S/C18H25N5O/c1-2-24-16-9-14(10-19-11-16)12-22-7-8-23-17(13-22)20-21-18(23)15-5-3-4-6-15/h9-11,15H,2-8,12-13H2,1H3. The third kappa shape index (κ3) is 3.15. The van der Waals surface area contributed by atoms with Gasteiger partial charge in [-0.05, 0) is 31.4 Å². The summed E-state index contributed by atoms with van der Waals surface area (Å²) in [6.45, 7) is 6.42. The van der Waals surface area contributed by atoms with Crippen molar-refractivity contribution < 1.29 is 4.74 Å². The number of aromatic nitrogens is 4. The lowest BCUT2D eigenvalue weighted by Gasteiger charge is -2.28. The number of hydrogen-bond acceptors (Lipinski definition) is 5. The molecule has 6 heteroatoms. The van der Waals surface area contributed by atoms with E-state index < -0.39 is 0 Å². The summed E-state index contributed by atoms with van der Waals surface area (Å²) in [4.78, 5) is 6.70. The average Bonchev–Trinajstić information content (AvgIpc) is 3.24. The summed E-state index contributed by atoms with van der Waals surface area (Å²) >= 11 is 0. The van der Waals surface area contributed by atoms with E-state index in [0.29, 0.717) is 12.5 Å². The van der Waals surface area contributed by atoms with E-state index in [-0.39, 0.29) is 0 Å². The lowest BCUT2D eigenvalue weighted by Crippen LogP contribution is -2.34. The van der Waals surface area contributed by atoms with Crippen molar-refractivity contribution in [3.63, 3.8) is 0 Å². The van der Waals surface area contributed by atoms with Crippen LogP contribution in [0.2, 0.25) is 0 Å². The van der Waals surface area contributed by atoms with E-state index in [1.165, 1.54) is 37.1 Å². The fraction of sp³-hybridized carbons (Fsp3) is 0.611. The minimum atomic E-state index is 0.630. The second-order valence-corrected chi connectivity index (χ2v) is 6.78. The number of fused-ring (bicyclic) bond motifs is 1. The first-order valence-corrected chi connectivity index (χ1v) is 9.04. The molecule has 0 bridgehead atoms. The fourth-order valence-electron chi connectivity index (χ4n) is 3.91. The van der Waals surface area contributed by atoms with Crippen LogP contribution in [0.15, 0.2) is 18.5 Å².